The van der Waals surface area contributed by atoms with Gasteiger partial charge in [0.05, 0.1) is 24.7 Å². The summed E-state index contributed by atoms with van der Waals surface area (Å²) in [6.45, 7) is -0.241. The molecule has 72 valence electrons. The highest BCUT2D eigenvalue weighted by atomic mass is 19.1. The van der Waals surface area contributed by atoms with E-state index in [1.54, 1.807) is 0 Å². The molecule has 1 N–H and O–H groups in total. The van der Waals surface area contributed by atoms with E-state index in [1.165, 1.54) is 35.4 Å². The first-order valence-electron chi connectivity index (χ1n) is 4.07. The fourth-order valence-corrected chi connectivity index (χ4v) is 1.22. The van der Waals surface area contributed by atoms with E-state index in [0.29, 0.717) is 11.3 Å². The van der Waals surface area contributed by atoms with Gasteiger partial charge in [-0.1, -0.05) is 0 Å². The predicted octanol–water partition coefficient (Wildman–Crippen LogP) is 0.899. The molecule has 1 aromatic heterocycles. The van der Waals surface area contributed by atoms with E-state index in [1.807, 2.05) is 0 Å². The maximum absolute atomic E-state index is 12.8. The smallest absolute Gasteiger partial charge is 0.123 e. The molecule has 0 aliphatic heterocycles. The molecule has 0 amide bonds. The molecular weight excluding hydrogens is 185 g/mol. The summed E-state index contributed by atoms with van der Waals surface area (Å²) in [4.78, 5) is 1.34. The highest BCUT2D eigenvalue weighted by molar-refractivity contribution is 5.39. The van der Waals surface area contributed by atoms with Gasteiger partial charge in [0.15, 0.2) is 0 Å². The zero-order valence-corrected chi connectivity index (χ0v) is 7.26. The normalized spacial score (nSPS) is 10.4. The summed E-state index contributed by atoms with van der Waals surface area (Å²) in [5.41, 5.74) is 1.04. The van der Waals surface area contributed by atoms with Crippen molar-refractivity contribution in [1.29, 1.82) is 0 Å². The molecule has 1 aromatic carbocycles. The molecule has 2 aromatic rings. The summed E-state index contributed by atoms with van der Waals surface area (Å²) in [5.74, 6) is -0.384. The summed E-state index contributed by atoms with van der Waals surface area (Å²) < 4.78 is 12.8. The van der Waals surface area contributed by atoms with Crippen molar-refractivity contribution in [3.63, 3.8) is 0 Å². The number of aromatic nitrogens is 3. The molecular formula is C9H8FN3O. The van der Waals surface area contributed by atoms with Crippen molar-refractivity contribution in [3.05, 3.63) is 42.0 Å². The lowest BCUT2D eigenvalue weighted by Gasteiger charge is -2.05. The minimum absolute atomic E-state index is 0.241. The van der Waals surface area contributed by atoms with Gasteiger partial charge in [0, 0.05) is 5.56 Å². The van der Waals surface area contributed by atoms with E-state index in [2.05, 4.69) is 10.2 Å². The fourth-order valence-electron chi connectivity index (χ4n) is 1.22. The number of hydrogen-bond acceptors (Lipinski definition) is 3. The number of aliphatic hydroxyl groups is 1. The average Bonchev–Trinajstić information content (AvgIpc) is 2.70. The molecule has 5 heteroatoms. The number of rotatable bonds is 2. The minimum atomic E-state index is -0.384. The van der Waals surface area contributed by atoms with Crippen LogP contribution in [0.4, 0.5) is 4.39 Å². The number of benzene rings is 1. The monoisotopic (exact) mass is 193 g/mol. The van der Waals surface area contributed by atoms with Gasteiger partial charge in [-0.05, 0) is 18.2 Å². The van der Waals surface area contributed by atoms with Crippen molar-refractivity contribution in [2.45, 2.75) is 6.61 Å². The molecule has 0 spiro atoms. The second kappa shape index (κ2) is 3.55. The Morgan fingerprint density at radius 2 is 2.00 bits per heavy atom. The van der Waals surface area contributed by atoms with Crippen molar-refractivity contribution in [1.82, 2.24) is 15.0 Å². The van der Waals surface area contributed by atoms with E-state index in [9.17, 15) is 4.39 Å². The van der Waals surface area contributed by atoms with Crippen molar-refractivity contribution >= 4 is 0 Å². The van der Waals surface area contributed by atoms with Crippen LogP contribution in [0.25, 0.3) is 5.69 Å². The molecule has 2 rings (SSSR count). The number of halogens is 1. The Labute approximate surface area is 79.6 Å². The maximum Gasteiger partial charge on any atom is 0.123 e. The SMILES string of the molecule is OCc1cc(F)ccc1-n1nccn1. The minimum Gasteiger partial charge on any atom is -0.392 e. The summed E-state index contributed by atoms with van der Waals surface area (Å²) in [7, 11) is 0. The van der Waals surface area contributed by atoms with Crippen LogP contribution in [-0.2, 0) is 6.61 Å². The van der Waals surface area contributed by atoms with Crippen molar-refractivity contribution in [2.75, 3.05) is 0 Å². The third-order valence-electron chi connectivity index (χ3n) is 1.85. The Bertz CT molecular complexity index is 428. The second-order valence-corrected chi connectivity index (χ2v) is 2.75. The molecule has 0 unspecified atom stereocenters. The van der Waals surface area contributed by atoms with Crippen LogP contribution in [0.5, 0.6) is 0 Å². The van der Waals surface area contributed by atoms with Gasteiger partial charge in [-0.3, -0.25) is 0 Å². The zero-order chi connectivity index (χ0) is 9.97. The Hall–Kier alpha value is -1.75. The van der Waals surface area contributed by atoms with Gasteiger partial charge in [0.2, 0.25) is 0 Å². The van der Waals surface area contributed by atoms with E-state index in [0.717, 1.165) is 0 Å². The van der Waals surface area contributed by atoms with Gasteiger partial charge in [-0.2, -0.15) is 15.0 Å². The lowest BCUT2D eigenvalue weighted by atomic mass is 10.2. The van der Waals surface area contributed by atoms with Gasteiger partial charge < -0.3 is 5.11 Å². The standard InChI is InChI=1S/C9H8FN3O/c10-8-1-2-9(7(5-8)6-14)13-11-3-4-12-13/h1-5,14H,6H2. The van der Waals surface area contributed by atoms with Gasteiger partial charge >= 0.3 is 0 Å². The van der Waals surface area contributed by atoms with Crippen LogP contribution < -0.4 is 0 Å². The molecule has 0 aliphatic rings. The van der Waals surface area contributed by atoms with Crippen LogP contribution in [0.15, 0.2) is 30.6 Å². The maximum atomic E-state index is 12.8. The zero-order valence-electron chi connectivity index (χ0n) is 7.26. The van der Waals surface area contributed by atoms with Crippen LogP contribution >= 0.6 is 0 Å². The quantitative estimate of drug-likeness (QED) is 0.770. The molecule has 0 radical (unpaired) electrons. The number of aliphatic hydroxyl groups excluding tert-OH is 1. The lowest BCUT2D eigenvalue weighted by molar-refractivity contribution is 0.280. The van der Waals surface area contributed by atoms with E-state index in [4.69, 9.17) is 5.11 Å². The third-order valence-corrected chi connectivity index (χ3v) is 1.85. The Morgan fingerprint density at radius 3 is 2.64 bits per heavy atom. The van der Waals surface area contributed by atoms with Crippen LogP contribution in [0.3, 0.4) is 0 Å². The first kappa shape index (κ1) is 8.83. The van der Waals surface area contributed by atoms with Gasteiger partial charge in [0.1, 0.15) is 5.82 Å². The average molecular weight is 193 g/mol. The molecule has 0 saturated heterocycles. The summed E-state index contributed by atoms with van der Waals surface area (Å²) >= 11 is 0. The first-order valence-corrected chi connectivity index (χ1v) is 4.07. The van der Waals surface area contributed by atoms with E-state index >= 15 is 0 Å². The molecule has 4 nitrogen and oxygen atoms in total. The van der Waals surface area contributed by atoms with Crippen molar-refractivity contribution in [2.24, 2.45) is 0 Å². The van der Waals surface area contributed by atoms with Gasteiger partial charge in [0.25, 0.3) is 0 Å². The largest absolute Gasteiger partial charge is 0.392 e. The van der Waals surface area contributed by atoms with E-state index < -0.39 is 0 Å². The van der Waals surface area contributed by atoms with Gasteiger partial charge in [-0.25, -0.2) is 4.39 Å². The predicted molar refractivity (Wildman–Crippen MR) is 47.2 cm³/mol. The van der Waals surface area contributed by atoms with E-state index in [-0.39, 0.29) is 12.4 Å². The Kier molecular flexibility index (Phi) is 2.24. The number of hydrogen-bond donors (Lipinski definition) is 1. The van der Waals surface area contributed by atoms with Gasteiger partial charge in [-0.15, -0.1) is 0 Å². The van der Waals surface area contributed by atoms with Crippen molar-refractivity contribution in [3.8, 4) is 5.69 Å². The molecule has 1 heterocycles. The lowest BCUT2D eigenvalue weighted by Crippen LogP contribution is -2.03. The molecule has 14 heavy (non-hydrogen) atoms. The second-order valence-electron chi connectivity index (χ2n) is 2.75. The molecule has 0 fully saturated rings. The van der Waals surface area contributed by atoms with Crippen LogP contribution in [0.2, 0.25) is 0 Å². The van der Waals surface area contributed by atoms with Crippen LogP contribution in [0.1, 0.15) is 5.56 Å². The highest BCUT2D eigenvalue weighted by Gasteiger charge is 2.05. The Balaban J connectivity index is 2.53. The molecule has 0 saturated carbocycles. The van der Waals surface area contributed by atoms with Crippen molar-refractivity contribution < 1.29 is 9.50 Å². The van der Waals surface area contributed by atoms with Crippen LogP contribution in [-0.4, -0.2) is 20.1 Å². The first-order chi connectivity index (χ1) is 6.81. The fraction of sp³-hybridized carbons (Fsp3) is 0.111. The molecule has 0 bridgehead atoms. The Morgan fingerprint density at radius 1 is 1.29 bits per heavy atom. The summed E-state index contributed by atoms with van der Waals surface area (Å²) in [6.07, 6.45) is 3.04. The third kappa shape index (κ3) is 1.49. The highest BCUT2D eigenvalue weighted by Crippen LogP contribution is 2.14. The topological polar surface area (TPSA) is 50.9 Å². The molecule has 0 atom stereocenters. The summed E-state index contributed by atoms with van der Waals surface area (Å²) in [5, 5.41) is 16.8. The van der Waals surface area contributed by atoms with Crippen LogP contribution in [0, 0.1) is 5.82 Å². The number of nitrogens with zero attached hydrogens (tertiary/aromatic N) is 3. The summed E-state index contributed by atoms with van der Waals surface area (Å²) in [6, 6.07) is 4.09. The molecule has 0 aliphatic carbocycles.